The molecule has 382 valence electrons. The molecule has 0 unspecified atom stereocenters. The normalized spacial score (nSPS) is 18.8. The lowest BCUT2D eigenvalue weighted by Gasteiger charge is -2.45. The number of rotatable bonds is 18. The van der Waals surface area contributed by atoms with Gasteiger partial charge >= 0.3 is 23.9 Å². The van der Waals surface area contributed by atoms with E-state index in [1.807, 2.05) is 90.5 Å². The van der Waals surface area contributed by atoms with Crippen molar-refractivity contribution in [3.8, 4) is 11.6 Å². The van der Waals surface area contributed by atoms with Crippen molar-refractivity contribution in [2.45, 2.75) is 167 Å². The van der Waals surface area contributed by atoms with E-state index in [0.29, 0.717) is 38.5 Å². The first-order valence-corrected chi connectivity index (χ1v) is 24.2. The molecule has 2 heterocycles. The number of carbonyl (C=O) groups is 4. The number of carbonyl (C=O) groups excluding carboxylic acids is 4. The van der Waals surface area contributed by atoms with E-state index < -0.39 is 82.8 Å². The van der Waals surface area contributed by atoms with Crippen molar-refractivity contribution in [2.24, 2.45) is 21.7 Å². The van der Waals surface area contributed by atoms with Gasteiger partial charge in [0.25, 0.3) is 0 Å². The molecule has 0 radical (unpaired) electrons. The predicted molar refractivity (Wildman–Crippen MR) is 265 cm³/mol. The third-order valence-corrected chi connectivity index (χ3v) is 11.5. The third-order valence-electron chi connectivity index (χ3n) is 11.5. The average Bonchev–Trinajstić information content (AvgIpc) is 3.61. The standard InChI is InChI=1S/C56H76N2O12/c1-35(2)43-41(31-39-26-27-40(30-36(39)3)64-33-38-24-20-17-21-25-38)47(57-58(43)28-29-63-32-37-22-18-16-19-23-37)70-48-46(69-52(62)56(13,14)15)45(68-51(61)55(10,11)12)44(67-50(60)54(7,8)9)42(66-48)34-65-49(59)53(4,5)6/h16-27,30,35,42,44-46,48H,28-29,31-34H2,1-15H3/t42-,44-,45+,46-,48+/m1/s1. The molecule has 5 atom stereocenters. The molecule has 0 amide bonds. The summed E-state index contributed by atoms with van der Waals surface area (Å²) in [5, 5.41) is 5.09. The van der Waals surface area contributed by atoms with Gasteiger partial charge in [0.15, 0.2) is 12.2 Å². The zero-order valence-corrected chi connectivity index (χ0v) is 44.0. The Morgan fingerprint density at radius 2 is 1.17 bits per heavy atom. The number of aryl methyl sites for hydroxylation is 1. The second kappa shape index (κ2) is 23.0. The van der Waals surface area contributed by atoms with Crippen LogP contribution in [-0.2, 0) is 73.8 Å². The molecule has 0 spiro atoms. The lowest BCUT2D eigenvalue weighted by atomic mass is 9.93. The van der Waals surface area contributed by atoms with Gasteiger partial charge in [-0.25, -0.2) is 0 Å². The first kappa shape index (κ1) is 55.2. The Morgan fingerprint density at radius 3 is 1.69 bits per heavy atom. The highest BCUT2D eigenvalue weighted by Crippen LogP contribution is 2.38. The zero-order chi connectivity index (χ0) is 51.8. The molecule has 1 saturated heterocycles. The summed E-state index contributed by atoms with van der Waals surface area (Å²) in [6.45, 7) is 27.5. The number of hydrogen-bond donors (Lipinski definition) is 0. The van der Waals surface area contributed by atoms with Crippen LogP contribution in [0.25, 0.3) is 0 Å². The maximum Gasteiger partial charge on any atom is 0.311 e. The van der Waals surface area contributed by atoms with Gasteiger partial charge in [-0.1, -0.05) is 80.6 Å². The van der Waals surface area contributed by atoms with Gasteiger partial charge in [0.2, 0.25) is 18.3 Å². The van der Waals surface area contributed by atoms with Crippen molar-refractivity contribution in [3.05, 3.63) is 112 Å². The van der Waals surface area contributed by atoms with Crippen LogP contribution in [0, 0.1) is 28.6 Å². The van der Waals surface area contributed by atoms with E-state index in [1.165, 1.54) is 0 Å². The molecule has 3 aromatic carbocycles. The monoisotopic (exact) mass is 969 g/mol. The maximum atomic E-state index is 14.1. The summed E-state index contributed by atoms with van der Waals surface area (Å²) in [6.07, 6.45) is -6.93. The van der Waals surface area contributed by atoms with Crippen LogP contribution in [0.4, 0.5) is 0 Å². The van der Waals surface area contributed by atoms with Crippen LogP contribution in [0.5, 0.6) is 11.6 Å². The minimum absolute atomic E-state index is 0.0733. The summed E-state index contributed by atoms with van der Waals surface area (Å²) < 4.78 is 52.5. The summed E-state index contributed by atoms with van der Waals surface area (Å²) in [7, 11) is 0. The lowest BCUT2D eigenvalue weighted by Crippen LogP contribution is -2.65. The number of ether oxygens (including phenoxy) is 8. The highest BCUT2D eigenvalue weighted by molar-refractivity contribution is 5.78. The molecule has 0 N–H and O–H groups in total. The van der Waals surface area contributed by atoms with Gasteiger partial charge in [0.1, 0.15) is 25.1 Å². The molecule has 70 heavy (non-hydrogen) atoms. The van der Waals surface area contributed by atoms with Gasteiger partial charge in [-0.2, -0.15) is 0 Å². The fourth-order valence-electron chi connectivity index (χ4n) is 7.26. The number of nitrogens with zero attached hydrogens (tertiary/aromatic N) is 2. The molecule has 1 aliphatic rings. The van der Waals surface area contributed by atoms with E-state index in [-0.39, 0.29) is 11.8 Å². The molecular weight excluding hydrogens is 893 g/mol. The van der Waals surface area contributed by atoms with E-state index in [2.05, 4.69) is 13.8 Å². The van der Waals surface area contributed by atoms with Crippen molar-refractivity contribution in [3.63, 3.8) is 0 Å². The van der Waals surface area contributed by atoms with E-state index >= 15 is 0 Å². The average molecular weight is 969 g/mol. The topological polar surface area (TPSA) is 160 Å². The molecule has 5 rings (SSSR count). The second-order valence-electron chi connectivity index (χ2n) is 22.5. The fourth-order valence-corrected chi connectivity index (χ4v) is 7.26. The van der Waals surface area contributed by atoms with Gasteiger partial charge in [0, 0.05) is 17.7 Å². The van der Waals surface area contributed by atoms with Crippen molar-refractivity contribution in [2.75, 3.05) is 13.2 Å². The minimum Gasteiger partial charge on any atom is -0.489 e. The van der Waals surface area contributed by atoms with Gasteiger partial charge in [-0.05, 0) is 130 Å². The van der Waals surface area contributed by atoms with Crippen LogP contribution < -0.4 is 9.47 Å². The van der Waals surface area contributed by atoms with Gasteiger partial charge < -0.3 is 37.9 Å². The largest absolute Gasteiger partial charge is 0.489 e. The molecule has 14 nitrogen and oxygen atoms in total. The summed E-state index contributed by atoms with van der Waals surface area (Å²) in [6, 6.07) is 25.8. The molecule has 0 aliphatic carbocycles. The van der Waals surface area contributed by atoms with Gasteiger partial charge in [-0.3, -0.25) is 23.9 Å². The Hall–Kier alpha value is -5.73. The summed E-state index contributed by atoms with van der Waals surface area (Å²) in [5.74, 6) is -1.75. The number of esters is 4. The lowest BCUT2D eigenvalue weighted by molar-refractivity contribution is -0.294. The summed E-state index contributed by atoms with van der Waals surface area (Å²) in [4.78, 5) is 55.2. The Kier molecular flexibility index (Phi) is 18.1. The molecule has 4 aromatic rings. The van der Waals surface area contributed by atoms with Crippen LogP contribution in [0.1, 0.15) is 136 Å². The maximum absolute atomic E-state index is 14.1. The molecule has 0 saturated carbocycles. The Bertz CT molecular complexity index is 2380. The van der Waals surface area contributed by atoms with Crippen molar-refractivity contribution < 1.29 is 57.1 Å². The molecule has 1 aliphatic heterocycles. The fraction of sp³-hybridized carbons (Fsp3) is 0.554. The van der Waals surface area contributed by atoms with Crippen molar-refractivity contribution >= 4 is 23.9 Å². The van der Waals surface area contributed by atoms with E-state index in [0.717, 1.165) is 33.5 Å². The Labute approximate surface area is 415 Å². The number of benzene rings is 3. The smallest absolute Gasteiger partial charge is 0.311 e. The minimum atomic E-state index is -1.54. The molecule has 1 aromatic heterocycles. The van der Waals surface area contributed by atoms with Crippen molar-refractivity contribution in [1.29, 1.82) is 0 Å². The van der Waals surface area contributed by atoms with Gasteiger partial charge in [-0.15, -0.1) is 5.10 Å². The highest BCUT2D eigenvalue weighted by atomic mass is 16.7. The van der Waals surface area contributed by atoms with Gasteiger partial charge in [0.05, 0.1) is 41.4 Å². The van der Waals surface area contributed by atoms with Crippen LogP contribution in [0.3, 0.4) is 0 Å². The van der Waals surface area contributed by atoms with Crippen LogP contribution in [0.15, 0.2) is 78.9 Å². The quantitative estimate of drug-likeness (QED) is 0.0527. The third kappa shape index (κ3) is 15.1. The first-order valence-electron chi connectivity index (χ1n) is 24.2. The van der Waals surface area contributed by atoms with E-state index in [1.54, 1.807) is 83.1 Å². The summed E-state index contributed by atoms with van der Waals surface area (Å²) in [5.41, 5.74) is 1.57. The molecule has 1 fully saturated rings. The molecular formula is C56H76N2O12. The second-order valence-corrected chi connectivity index (χ2v) is 22.5. The SMILES string of the molecule is Cc1cc(OCc2ccccc2)ccc1Cc1c(O[C@@H]2O[C@H](COC(=O)C(C)(C)C)[C@@H](OC(=O)C(C)(C)C)[C@H](OC(=O)C(C)(C)C)[C@H]2OC(=O)C(C)(C)C)nn(CCOCc2ccccc2)c1C(C)C. The van der Waals surface area contributed by atoms with Crippen LogP contribution in [0.2, 0.25) is 0 Å². The highest BCUT2D eigenvalue weighted by Gasteiger charge is 2.56. The van der Waals surface area contributed by atoms with Crippen LogP contribution in [-0.4, -0.2) is 77.6 Å². The Balaban J connectivity index is 1.65. The molecule has 14 heteroatoms. The van der Waals surface area contributed by atoms with Crippen LogP contribution >= 0.6 is 0 Å². The molecule has 0 bridgehead atoms. The van der Waals surface area contributed by atoms with E-state index in [9.17, 15) is 19.2 Å². The number of hydrogen-bond acceptors (Lipinski definition) is 13. The predicted octanol–water partition coefficient (Wildman–Crippen LogP) is 10.3. The zero-order valence-electron chi connectivity index (χ0n) is 44.0. The Morgan fingerprint density at radius 1 is 0.657 bits per heavy atom. The summed E-state index contributed by atoms with van der Waals surface area (Å²) >= 11 is 0. The van der Waals surface area contributed by atoms with Crippen molar-refractivity contribution in [1.82, 2.24) is 9.78 Å². The first-order chi connectivity index (χ1) is 32.6. The van der Waals surface area contributed by atoms with E-state index in [4.69, 9.17) is 43.0 Å². The number of aromatic nitrogens is 2.